The molecule has 5 heteroatoms. The number of rotatable bonds is 3. The fourth-order valence-corrected chi connectivity index (χ4v) is 2.94. The Hall–Kier alpha value is -2.04. The number of nitrogens with one attached hydrogen (secondary N) is 2. The summed E-state index contributed by atoms with van der Waals surface area (Å²) in [5.74, 6) is 2.56. The van der Waals surface area contributed by atoms with Gasteiger partial charge in [0.1, 0.15) is 11.3 Å². The average molecular weight is 272 g/mol. The highest BCUT2D eigenvalue weighted by atomic mass is 16.5. The van der Waals surface area contributed by atoms with Gasteiger partial charge in [0.15, 0.2) is 0 Å². The number of hydrogen-bond acceptors (Lipinski definition) is 3. The Morgan fingerprint density at radius 3 is 2.75 bits per heavy atom. The lowest BCUT2D eigenvalue weighted by Crippen LogP contribution is -2.28. The third-order valence-corrected chi connectivity index (χ3v) is 4.31. The maximum absolute atomic E-state index is 12.0. The zero-order chi connectivity index (χ0) is 13.9. The number of H-pyrrole nitrogens is 2. The zero-order valence-electron chi connectivity index (χ0n) is 11.3. The van der Waals surface area contributed by atoms with E-state index in [0.29, 0.717) is 23.3 Å². The van der Waals surface area contributed by atoms with E-state index >= 15 is 0 Å². The van der Waals surface area contributed by atoms with Crippen molar-refractivity contribution < 1.29 is 4.74 Å². The first-order valence-electron chi connectivity index (χ1n) is 7.18. The van der Waals surface area contributed by atoms with Crippen LogP contribution in [0.15, 0.2) is 27.0 Å². The van der Waals surface area contributed by atoms with Gasteiger partial charge in [0.2, 0.25) is 5.88 Å². The average Bonchev–Trinajstić information content (AvgIpc) is 3.25. The first-order chi connectivity index (χ1) is 9.69. The molecule has 2 atom stereocenters. The molecule has 0 amide bonds. The van der Waals surface area contributed by atoms with E-state index in [2.05, 4.69) is 16.9 Å². The van der Waals surface area contributed by atoms with Crippen LogP contribution in [0.4, 0.5) is 0 Å². The minimum atomic E-state index is -0.518. The third kappa shape index (κ3) is 1.69. The predicted octanol–water partition coefficient (Wildman–Crippen LogP) is 1.93. The molecule has 0 saturated heterocycles. The number of aromatic amines is 2. The predicted molar refractivity (Wildman–Crippen MR) is 74.4 cm³/mol. The highest BCUT2D eigenvalue weighted by Gasteiger charge is 2.61. The number of aromatic nitrogens is 2. The molecule has 104 valence electrons. The van der Waals surface area contributed by atoms with E-state index in [1.54, 1.807) is 0 Å². The van der Waals surface area contributed by atoms with E-state index in [1.165, 1.54) is 12.0 Å². The quantitative estimate of drug-likeness (QED) is 0.883. The summed E-state index contributed by atoms with van der Waals surface area (Å²) in [6.07, 6.45) is 6.16. The van der Waals surface area contributed by atoms with Gasteiger partial charge in [-0.15, -0.1) is 0 Å². The minimum absolute atomic E-state index is 0.307. The van der Waals surface area contributed by atoms with Crippen molar-refractivity contribution >= 4 is 5.57 Å². The second-order valence-corrected chi connectivity index (χ2v) is 5.76. The minimum Gasteiger partial charge on any atom is -0.440 e. The lowest BCUT2D eigenvalue weighted by atomic mass is 9.99. The van der Waals surface area contributed by atoms with Crippen LogP contribution in [0.1, 0.15) is 38.2 Å². The molecule has 4 rings (SSSR count). The highest BCUT2D eigenvalue weighted by Crippen LogP contribution is 2.69. The summed E-state index contributed by atoms with van der Waals surface area (Å²) in [5.41, 5.74) is 1.92. The largest absolute Gasteiger partial charge is 0.440 e. The Labute approximate surface area is 115 Å². The molecule has 2 unspecified atom stereocenters. The van der Waals surface area contributed by atoms with Gasteiger partial charge in [0, 0.05) is 0 Å². The Morgan fingerprint density at radius 2 is 2.10 bits per heavy atom. The van der Waals surface area contributed by atoms with Crippen LogP contribution in [0.2, 0.25) is 0 Å². The number of ether oxygens (including phenoxy) is 1. The molecule has 0 aromatic carbocycles. The molecule has 20 heavy (non-hydrogen) atoms. The van der Waals surface area contributed by atoms with E-state index in [4.69, 9.17) is 4.74 Å². The van der Waals surface area contributed by atoms with Crippen LogP contribution in [-0.4, -0.2) is 9.97 Å². The Balaban J connectivity index is 1.83. The number of fused-ring (bicyclic) bond motifs is 2. The van der Waals surface area contributed by atoms with E-state index in [1.807, 2.05) is 6.08 Å². The van der Waals surface area contributed by atoms with Crippen LogP contribution in [-0.2, 0) is 0 Å². The second kappa shape index (κ2) is 3.98. The normalized spacial score (nSPS) is 25.6. The summed E-state index contributed by atoms with van der Waals surface area (Å²) in [6.45, 7) is 2.12. The van der Waals surface area contributed by atoms with Gasteiger partial charge in [0.05, 0.1) is 0 Å². The molecule has 2 saturated carbocycles. The Morgan fingerprint density at radius 1 is 1.30 bits per heavy atom. The summed E-state index contributed by atoms with van der Waals surface area (Å²) in [5, 5.41) is 0. The van der Waals surface area contributed by atoms with E-state index < -0.39 is 5.69 Å². The molecule has 2 heterocycles. The third-order valence-electron chi connectivity index (χ3n) is 4.31. The molecular formula is C15H16N2O3. The lowest BCUT2D eigenvalue weighted by Gasteiger charge is -2.19. The molecule has 0 bridgehead atoms. The van der Waals surface area contributed by atoms with Gasteiger partial charge in [-0.3, -0.25) is 14.8 Å². The number of hydrogen-bond donors (Lipinski definition) is 2. The first-order valence-corrected chi connectivity index (χ1v) is 7.18. The van der Waals surface area contributed by atoms with E-state index in [0.717, 1.165) is 30.6 Å². The van der Waals surface area contributed by atoms with Gasteiger partial charge >= 0.3 is 5.69 Å². The van der Waals surface area contributed by atoms with Crippen molar-refractivity contribution in [2.24, 2.45) is 11.8 Å². The number of unbranched alkanes of at least 4 members (excludes halogenated alkanes) is 1. The molecule has 2 aliphatic carbocycles. The molecule has 2 fully saturated rings. The van der Waals surface area contributed by atoms with E-state index in [-0.39, 0.29) is 5.56 Å². The summed E-state index contributed by atoms with van der Waals surface area (Å²) in [7, 11) is 0. The fraction of sp³-hybridized carbons (Fsp3) is 0.467. The topological polar surface area (TPSA) is 75.0 Å². The second-order valence-electron chi connectivity index (χ2n) is 5.76. The van der Waals surface area contributed by atoms with Crippen LogP contribution in [0.3, 0.4) is 0 Å². The maximum atomic E-state index is 12.0. The van der Waals surface area contributed by atoms with Gasteiger partial charge in [0.25, 0.3) is 5.56 Å². The van der Waals surface area contributed by atoms with Crippen molar-refractivity contribution in [3.05, 3.63) is 43.8 Å². The van der Waals surface area contributed by atoms with Crippen LogP contribution in [0.25, 0.3) is 5.57 Å². The summed E-state index contributed by atoms with van der Waals surface area (Å²) in [6, 6.07) is 0. The zero-order valence-corrected chi connectivity index (χ0v) is 11.3. The molecule has 1 aromatic rings. The van der Waals surface area contributed by atoms with Gasteiger partial charge < -0.3 is 4.74 Å². The standard InChI is InChI=1S/C15H16N2O3/c1-2-3-4-7-5-10(12-8-6-9(8)12)20-14-11(7)13(18)16-15(19)17-14/h5,8-9H,2-4,6H2,1H3,(H2,16,17,18,19). The van der Waals surface area contributed by atoms with Gasteiger partial charge in [-0.25, -0.2) is 4.79 Å². The molecule has 0 spiro atoms. The molecular weight excluding hydrogens is 256 g/mol. The van der Waals surface area contributed by atoms with Crippen molar-refractivity contribution in [3.63, 3.8) is 0 Å². The summed E-state index contributed by atoms with van der Waals surface area (Å²) >= 11 is 0. The summed E-state index contributed by atoms with van der Waals surface area (Å²) < 4.78 is 5.76. The Kier molecular flexibility index (Phi) is 2.34. The van der Waals surface area contributed by atoms with Crippen LogP contribution < -0.4 is 16.0 Å². The molecule has 1 aliphatic heterocycles. The van der Waals surface area contributed by atoms with Crippen LogP contribution >= 0.6 is 0 Å². The monoisotopic (exact) mass is 272 g/mol. The van der Waals surface area contributed by atoms with Crippen molar-refractivity contribution in [2.75, 3.05) is 0 Å². The molecule has 5 nitrogen and oxygen atoms in total. The Bertz CT molecular complexity index is 756. The van der Waals surface area contributed by atoms with Crippen LogP contribution in [0.5, 0.6) is 5.88 Å². The highest BCUT2D eigenvalue weighted by molar-refractivity contribution is 5.74. The van der Waals surface area contributed by atoms with Crippen molar-refractivity contribution in [1.29, 1.82) is 0 Å². The van der Waals surface area contributed by atoms with Gasteiger partial charge in [-0.05, 0) is 48.3 Å². The molecule has 0 radical (unpaired) electrons. The fourth-order valence-electron chi connectivity index (χ4n) is 2.94. The van der Waals surface area contributed by atoms with Crippen molar-refractivity contribution in [3.8, 4) is 5.88 Å². The van der Waals surface area contributed by atoms with E-state index in [9.17, 15) is 9.59 Å². The summed E-state index contributed by atoms with van der Waals surface area (Å²) in [4.78, 5) is 28.3. The van der Waals surface area contributed by atoms with Gasteiger partial charge in [-0.1, -0.05) is 13.3 Å². The number of allylic oxidation sites excluding steroid dienone is 3. The molecule has 3 aliphatic rings. The van der Waals surface area contributed by atoms with Gasteiger partial charge in [-0.2, -0.15) is 0 Å². The molecule has 2 N–H and O–H groups in total. The molecule has 1 aromatic heterocycles. The van der Waals surface area contributed by atoms with Crippen LogP contribution in [0, 0.1) is 11.8 Å². The maximum Gasteiger partial charge on any atom is 0.328 e. The smallest absolute Gasteiger partial charge is 0.328 e. The van der Waals surface area contributed by atoms with Crippen molar-refractivity contribution in [1.82, 2.24) is 9.97 Å². The lowest BCUT2D eigenvalue weighted by molar-refractivity contribution is 0.410. The SMILES string of the molecule is CCCCC1=CC(=C2C3CC23)Oc2[nH]c(=O)[nH]c(=O)c21. The first kappa shape index (κ1) is 11.8. The van der Waals surface area contributed by atoms with Crippen molar-refractivity contribution in [2.45, 2.75) is 32.6 Å².